The van der Waals surface area contributed by atoms with Gasteiger partial charge in [0.15, 0.2) is 0 Å². The van der Waals surface area contributed by atoms with Crippen molar-refractivity contribution in [1.29, 1.82) is 0 Å². The smallest absolute Gasteiger partial charge is 0.170 e. The molecule has 0 fully saturated rings. The summed E-state index contributed by atoms with van der Waals surface area (Å²) in [6.07, 6.45) is -2.98. The summed E-state index contributed by atoms with van der Waals surface area (Å²) >= 11 is 0. The summed E-state index contributed by atoms with van der Waals surface area (Å²) < 4.78 is 32.8. The molecular weight excluding hydrogens is 105 g/mol. The molecule has 0 saturated heterocycles. The Morgan fingerprint density at radius 1 is 1.43 bits per heavy atom. The van der Waals surface area contributed by atoms with Crippen molar-refractivity contribution >= 4 is 0 Å². The highest BCUT2D eigenvalue weighted by Gasteiger charge is 2.25. The van der Waals surface area contributed by atoms with Crippen LogP contribution in [0.15, 0.2) is 0 Å². The Hall–Kier alpha value is -0.210. The first-order valence-electron chi connectivity index (χ1n) is 1.88. The second kappa shape index (κ2) is 2.19. The third kappa shape index (κ3) is 5.79. The quantitative estimate of drug-likeness (QED) is 0.484. The topological polar surface area (TPSA) is 0 Å². The maximum atomic E-state index is 10.9. The predicted octanol–water partition coefficient (Wildman–Crippen LogP) is 2.04. The molecule has 0 N–H and O–H groups in total. The van der Waals surface area contributed by atoms with Crippen molar-refractivity contribution in [2.45, 2.75) is 19.5 Å². The summed E-state index contributed by atoms with van der Waals surface area (Å²) in [6, 6.07) is 0. The van der Waals surface area contributed by atoms with Crippen LogP contribution in [0.3, 0.4) is 0 Å². The molecular formula is C4H5F3. The van der Waals surface area contributed by atoms with E-state index in [1.807, 2.05) is 0 Å². The van der Waals surface area contributed by atoms with Gasteiger partial charge in [-0.15, -0.1) is 0 Å². The molecule has 0 nitrogen and oxygen atoms in total. The first-order valence-corrected chi connectivity index (χ1v) is 1.88. The van der Waals surface area contributed by atoms with Crippen LogP contribution in [-0.2, 0) is 0 Å². The van der Waals surface area contributed by atoms with Gasteiger partial charge in [0.1, 0.15) is 0 Å². The van der Waals surface area contributed by atoms with E-state index in [-0.39, 0.29) is 6.42 Å². The zero-order chi connectivity index (χ0) is 5.91. The molecule has 3 heteroatoms. The number of rotatable bonds is 1. The molecule has 0 aromatic carbocycles. The van der Waals surface area contributed by atoms with Crippen molar-refractivity contribution in [2.24, 2.45) is 0 Å². The third-order valence-electron chi connectivity index (χ3n) is 0.377. The molecule has 2 radical (unpaired) electrons. The molecule has 0 rings (SSSR count). The molecule has 0 aliphatic carbocycles. The van der Waals surface area contributed by atoms with Crippen LogP contribution in [0.5, 0.6) is 0 Å². The van der Waals surface area contributed by atoms with Crippen molar-refractivity contribution in [2.75, 3.05) is 0 Å². The standard InChI is InChI=1S/C4H5F3/c1-2-3-4(5,6)7/h2H2,1H3. The van der Waals surface area contributed by atoms with Gasteiger partial charge in [0, 0.05) is 0 Å². The van der Waals surface area contributed by atoms with Crippen molar-refractivity contribution < 1.29 is 13.2 Å². The van der Waals surface area contributed by atoms with Crippen molar-refractivity contribution in [3.05, 3.63) is 6.42 Å². The summed E-state index contributed by atoms with van der Waals surface area (Å²) in [7, 11) is 0. The van der Waals surface area contributed by atoms with Crippen LogP contribution >= 0.6 is 0 Å². The lowest BCUT2D eigenvalue weighted by molar-refractivity contribution is -0.0977. The zero-order valence-corrected chi connectivity index (χ0v) is 3.84. The Kier molecular flexibility index (Phi) is 2.12. The second-order valence-electron chi connectivity index (χ2n) is 1.03. The summed E-state index contributed by atoms with van der Waals surface area (Å²) in [5.41, 5.74) is 0. The average molecular weight is 110 g/mol. The Balaban J connectivity index is 3.15. The zero-order valence-electron chi connectivity index (χ0n) is 3.84. The van der Waals surface area contributed by atoms with Gasteiger partial charge in [0.25, 0.3) is 0 Å². The average Bonchev–Trinajstić information content (AvgIpc) is 1.30. The summed E-state index contributed by atoms with van der Waals surface area (Å²) in [5, 5.41) is 0. The highest BCUT2D eigenvalue weighted by Crippen LogP contribution is 2.19. The Morgan fingerprint density at radius 3 is 1.86 bits per heavy atom. The molecule has 42 valence electrons. The van der Waals surface area contributed by atoms with E-state index in [0.29, 0.717) is 0 Å². The number of hydrogen-bond acceptors (Lipinski definition) is 0. The largest absolute Gasteiger partial charge is 0.396 e. The maximum absolute atomic E-state index is 10.9. The Morgan fingerprint density at radius 2 is 1.86 bits per heavy atom. The lowest BCUT2D eigenvalue weighted by Crippen LogP contribution is -2.05. The number of hydrogen-bond donors (Lipinski definition) is 0. The van der Waals surface area contributed by atoms with Crippen LogP contribution < -0.4 is 0 Å². The van der Waals surface area contributed by atoms with Gasteiger partial charge in [-0.05, 0) is 6.42 Å². The minimum atomic E-state index is -4.20. The fourth-order valence-corrected chi connectivity index (χ4v) is 0.200. The number of halogens is 3. The van der Waals surface area contributed by atoms with Gasteiger partial charge in [-0.3, -0.25) is 0 Å². The van der Waals surface area contributed by atoms with Gasteiger partial charge in [0.05, 0.1) is 6.42 Å². The molecule has 0 heterocycles. The fraction of sp³-hybridized carbons (Fsp3) is 0.750. The molecule has 0 bridgehead atoms. The van der Waals surface area contributed by atoms with Gasteiger partial charge in [0.2, 0.25) is 0 Å². The lowest BCUT2D eigenvalue weighted by atomic mass is 10.3. The van der Waals surface area contributed by atoms with E-state index >= 15 is 0 Å². The monoisotopic (exact) mass is 110 g/mol. The highest BCUT2D eigenvalue weighted by molar-refractivity contribution is 4.70. The SMILES string of the molecule is CC[C]C(F)(F)F. The van der Waals surface area contributed by atoms with E-state index in [0.717, 1.165) is 0 Å². The van der Waals surface area contributed by atoms with E-state index in [4.69, 9.17) is 0 Å². The first-order chi connectivity index (χ1) is 3.06. The Bertz CT molecular complexity index is 45.4. The minimum absolute atomic E-state index is 0.0660. The summed E-state index contributed by atoms with van der Waals surface area (Å²) in [4.78, 5) is 0. The number of alkyl halides is 3. The maximum Gasteiger partial charge on any atom is 0.396 e. The molecule has 0 spiro atoms. The van der Waals surface area contributed by atoms with Crippen LogP contribution in [0.4, 0.5) is 13.2 Å². The van der Waals surface area contributed by atoms with E-state index in [1.165, 1.54) is 13.3 Å². The Labute approximate surface area is 40.3 Å². The molecule has 0 aliphatic rings. The van der Waals surface area contributed by atoms with E-state index in [2.05, 4.69) is 0 Å². The van der Waals surface area contributed by atoms with Gasteiger partial charge in [-0.2, -0.15) is 13.2 Å². The molecule has 0 aliphatic heterocycles. The van der Waals surface area contributed by atoms with Gasteiger partial charge >= 0.3 is 6.18 Å². The van der Waals surface area contributed by atoms with Crippen molar-refractivity contribution in [3.8, 4) is 0 Å². The lowest BCUT2D eigenvalue weighted by Gasteiger charge is -1.98. The molecule has 0 aromatic rings. The van der Waals surface area contributed by atoms with Gasteiger partial charge in [-0.25, -0.2) is 0 Å². The van der Waals surface area contributed by atoms with Crippen molar-refractivity contribution in [3.63, 3.8) is 0 Å². The van der Waals surface area contributed by atoms with E-state index in [9.17, 15) is 13.2 Å². The minimum Gasteiger partial charge on any atom is -0.170 e. The predicted molar refractivity (Wildman–Crippen MR) is 19.6 cm³/mol. The molecule has 0 unspecified atom stereocenters. The summed E-state index contributed by atoms with van der Waals surface area (Å²) in [5.74, 6) is 0. The van der Waals surface area contributed by atoms with Crippen LogP contribution in [-0.4, -0.2) is 6.18 Å². The highest BCUT2D eigenvalue weighted by atomic mass is 19.4. The first kappa shape index (κ1) is 6.79. The van der Waals surface area contributed by atoms with Crippen LogP contribution in [0.1, 0.15) is 13.3 Å². The normalized spacial score (nSPS) is 12.0. The van der Waals surface area contributed by atoms with Gasteiger partial charge < -0.3 is 0 Å². The van der Waals surface area contributed by atoms with Gasteiger partial charge in [-0.1, -0.05) is 6.92 Å². The van der Waals surface area contributed by atoms with Crippen LogP contribution in [0.25, 0.3) is 0 Å². The van der Waals surface area contributed by atoms with Crippen LogP contribution in [0.2, 0.25) is 0 Å². The summed E-state index contributed by atoms with van der Waals surface area (Å²) in [6.45, 7) is 1.40. The third-order valence-corrected chi connectivity index (χ3v) is 0.377. The molecule has 0 atom stereocenters. The van der Waals surface area contributed by atoms with E-state index in [1.54, 1.807) is 0 Å². The van der Waals surface area contributed by atoms with Crippen LogP contribution in [0, 0.1) is 6.42 Å². The molecule has 0 saturated carbocycles. The molecule has 0 aromatic heterocycles. The van der Waals surface area contributed by atoms with E-state index < -0.39 is 6.18 Å². The fourth-order valence-electron chi connectivity index (χ4n) is 0.200. The second-order valence-corrected chi connectivity index (χ2v) is 1.03. The van der Waals surface area contributed by atoms with Crippen molar-refractivity contribution in [1.82, 2.24) is 0 Å². The molecule has 7 heavy (non-hydrogen) atoms. The molecule has 0 amide bonds.